The maximum atomic E-state index is 13.2. The van der Waals surface area contributed by atoms with Crippen LogP contribution in [0.5, 0.6) is 0 Å². The van der Waals surface area contributed by atoms with E-state index in [-0.39, 0.29) is 5.91 Å². The van der Waals surface area contributed by atoms with E-state index in [1.807, 2.05) is 12.1 Å². The number of hydrogen-bond donors (Lipinski definition) is 3. The third-order valence-electron chi connectivity index (χ3n) is 5.95. The number of halogens is 1. The van der Waals surface area contributed by atoms with E-state index in [4.69, 9.17) is 11.6 Å². The highest BCUT2D eigenvalue weighted by molar-refractivity contribution is 7.07. The molecule has 0 aliphatic carbocycles. The average molecular weight is 508 g/mol. The molecular weight excluding hydrogens is 486 g/mol. The Morgan fingerprint density at radius 1 is 1.14 bits per heavy atom. The first-order valence-corrected chi connectivity index (χ1v) is 12.5. The number of carbonyl (C=O) groups is 3. The minimum Gasteiger partial charge on any atom is -0.360 e. The predicted molar refractivity (Wildman–Crippen MR) is 137 cm³/mol. The van der Waals surface area contributed by atoms with Gasteiger partial charge in [0.1, 0.15) is 0 Å². The molecule has 3 N–H and O–H groups in total. The summed E-state index contributed by atoms with van der Waals surface area (Å²) in [5, 5.41) is 8.74. The van der Waals surface area contributed by atoms with Gasteiger partial charge in [0.05, 0.1) is 16.2 Å². The number of hydrogen-bond acceptors (Lipinski definition) is 5. The molecule has 3 amide bonds. The molecule has 1 saturated heterocycles. The number of carbonyl (C=O) groups excluding carboxylic acids is 3. The number of aromatic amines is 1. The van der Waals surface area contributed by atoms with Crippen LogP contribution in [-0.4, -0.2) is 34.2 Å². The monoisotopic (exact) mass is 507 g/mol. The van der Waals surface area contributed by atoms with Gasteiger partial charge in [-0.05, 0) is 49.2 Å². The highest BCUT2D eigenvalue weighted by atomic mass is 35.5. The minimum atomic E-state index is -0.986. The van der Waals surface area contributed by atoms with Gasteiger partial charge in [0.15, 0.2) is 6.04 Å². The molecule has 10 heteroatoms. The van der Waals surface area contributed by atoms with Crippen LogP contribution in [0.2, 0.25) is 5.02 Å². The average Bonchev–Trinajstić information content (AvgIpc) is 3.53. The van der Waals surface area contributed by atoms with Crippen molar-refractivity contribution in [1.29, 1.82) is 0 Å². The normalized spacial score (nSPS) is 14.7. The lowest BCUT2D eigenvalue weighted by Gasteiger charge is -2.27. The van der Waals surface area contributed by atoms with Gasteiger partial charge < -0.3 is 20.5 Å². The van der Waals surface area contributed by atoms with Crippen LogP contribution >= 0.6 is 22.9 Å². The molecule has 3 heterocycles. The summed E-state index contributed by atoms with van der Waals surface area (Å²) in [4.78, 5) is 47.4. The molecule has 0 saturated carbocycles. The fraction of sp³-hybridized carbons (Fsp3) is 0.200. The predicted octanol–water partition coefficient (Wildman–Crippen LogP) is 4.90. The molecule has 1 unspecified atom stereocenters. The number of benzene rings is 2. The molecule has 2 aromatic carbocycles. The number of piperidine rings is 1. The van der Waals surface area contributed by atoms with E-state index >= 15 is 0 Å². The molecule has 1 atom stereocenters. The van der Waals surface area contributed by atoms with Crippen LogP contribution in [0.1, 0.15) is 41.4 Å². The number of anilines is 2. The smallest absolute Gasteiger partial charge is 0.253 e. The van der Waals surface area contributed by atoms with Crippen LogP contribution in [0.25, 0.3) is 10.9 Å². The third kappa shape index (κ3) is 4.91. The van der Waals surface area contributed by atoms with Crippen molar-refractivity contribution >= 4 is 62.9 Å². The first kappa shape index (κ1) is 23.1. The van der Waals surface area contributed by atoms with Crippen LogP contribution in [0.3, 0.4) is 0 Å². The summed E-state index contributed by atoms with van der Waals surface area (Å²) in [6.45, 7) is 0.697. The highest BCUT2D eigenvalue weighted by Gasteiger charge is 2.26. The van der Waals surface area contributed by atoms with E-state index in [0.717, 1.165) is 29.4 Å². The summed E-state index contributed by atoms with van der Waals surface area (Å²) in [6.07, 6.45) is 4.10. The second-order valence-electron chi connectivity index (χ2n) is 8.26. The first-order valence-electron chi connectivity index (χ1n) is 11.2. The molecule has 4 aromatic rings. The van der Waals surface area contributed by atoms with Gasteiger partial charge in [-0.2, -0.15) is 0 Å². The van der Waals surface area contributed by atoms with Gasteiger partial charge >= 0.3 is 0 Å². The molecular formula is C25H22ClN5O3S. The van der Waals surface area contributed by atoms with Gasteiger partial charge in [-0.25, -0.2) is 4.98 Å². The van der Waals surface area contributed by atoms with Crippen molar-refractivity contribution in [2.24, 2.45) is 0 Å². The number of nitrogens with one attached hydrogen (secondary N) is 3. The van der Waals surface area contributed by atoms with E-state index in [9.17, 15) is 14.4 Å². The van der Waals surface area contributed by atoms with Gasteiger partial charge in [-0.1, -0.05) is 17.7 Å². The lowest BCUT2D eigenvalue weighted by molar-refractivity contribution is -0.119. The molecule has 0 radical (unpaired) electrons. The molecule has 1 aliphatic heterocycles. The summed E-state index contributed by atoms with van der Waals surface area (Å²) >= 11 is 7.46. The Bertz CT molecular complexity index is 1380. The van der Waals surface area contributed by atoms with Crippen molar-refractivity contribution < 1.29 is 14.4 Å². The molecule has 178 valence electrons. The second-order valence-corrected chi connectivity index (χ2v) is 9.38. The Labute approximate surface area is 210 Å². The largest absolute Gasteiger partial charge is 0.360 e. The van der Waals surface area contributed by atoms with Gasteiger partial charge in [-0.15, -0.1) is 11.3 Å². The van der Waals surface area contributed by atoms with Crippen LogP contribution < -0.4 is 15.5 Å². The topological polar surface area (TPSA) is 107 Å². The molecule has 0 spiro atoms. The number of thiazole rings is 1. The van der Waals surface area contributed by atoms with E-state index in [1.54, 1.807) is 52.3 Å². The summed E-state index contributed by atoms with van der Waals surface area (Å²) in [6, 6.07) is 11.2. The number of rotatable bonds is 6. The van der Waals surface area contributed by atoms with Crippen molar-refractivity contribution in [3.05, 3.63) is 75.8 Å². The van der Waals surface area contributed by atoms with E-state index < -0.39 is 17.9 Å². The van der Waals surface area contributed by atoms with Crippen molar-refractivity contribution in [2.75, 3.05) is 16.8 Å². The van der Waals surface area contributed by atoms with Gasteiger partial charge in [0, 0.05) is 52.4 Å². The minimum absolute atomic E-state index is 0.110. The Morgan fingerprint density at radius 3 is 2.71 bits per heavy atom. The van der Waals surface area contributed by atoms with E-state index in [1.165, 1.54) is 11.3 Å². The molecule has 1 aliphatic rings. The Morgan fingerprint density at radius 2 is 1.97 bits per heavy atom. The van der Waals surface area contributed by atoms with Crippen LogP contribution in [-0.2, 0) is 9.59 Å². The summed E-state index contributed by atoms with van der Waals surface area (Å²) in [7, 11) is 0. The fourth-order valence-electron chi connectivity index (χ4n) is 4.10. The molecule has 1 fully saturated rings. The second kappa shape index (κ2) is 9.89. The maximum Gasteiger partial charge on any atom is 0.253 e. The lowest BCUT2D eigenvalue weighted by atomic mass is 10.1. The van der Waals surface area contributed by atoms with E-state index in [2.05, 4.69) is 20.6 Å². The molecule has 0 bridgehead atoms. The molecule has 35 heavy (non-hydrogen) atoms. The van der Waals surface area contributed by atoms with Crippen molar-refractivity contribution in [3.63, 3.8) is 0 Å². The summed E-state index contributed by atoms with van der Waals surface area (Å²) in [5.41, 5.74) is 4.53. The number of aromatic nitrogens is 2. The van der Waals surface area contributed by atoms with Crippen molar-refractivity contribution in [3.8, 4) is 0 Å². The Hall–Kier alpha value is -3.69. The van der Waals surface area contributed by atoms with Crippen LogP contribution in [0.15, 0.2) is 59.6 Å². The summed E-state index contributed by atoms with van der Waals surface area (Å²) in [5.74, 6) is -0.723. The number of nitrogens with zero attached hydrogens (tertiary/aromatic N) is 2. The quantitative estimate of drug-likeness (QED) is 0.345. The summed E-state index contributed by atoms with van der Waals surface area (Å²) < 4.78 is 0. The number of H-pyrrole nitrogens is 1. The zero-order chi connectivity index (χ0) is 24.4. The molecule has 8 nitrogen and oxygen atoms in total. The van der Waals surface area contributed by atoms with E-state index in [0.29, 0.717) is 34.9 Å². The highest BCUT2D eigenvalue weighted by Crippen LogP contribution is 2.25. The van der Waals surface area contributed by atoms with Gasteiger partial charge in [0.2, 0.25) is 5.91 Å². The lowest BCUT2D eigenvalue weighted by Crippen LogP contribution is -2.37. The zero-order valence-corrected chi connectivity index (χ0v) is 20.2. The zero-order valence-electron chi connectivity index (χ0n) is 18.6. The maximum absolute atomic E-state index is 13.2. The van der Waals surface area contributed by atoms with Crippen LogP contribution in [0, 0.1) is 0 Å². The molecule has 2 aromatic heterocycles. The fourth-order valence-corrected chi connectivity index (χ4v) is 4.90. The van der Waals surface area contributed by atoms with Crippen molar-refractivity contribution in [1.82, 2.24) is 15.3 Å². The molecule has 5 rings (SSSR count). The standard InChI is InChI=1S/C25H22ClN5O3S/c26-19-12-27-20-11-15(4-9-18(19)20)24(33)30-23(21-13-35-14-28-21)25(34)29-16-5-7-17(8-6-16)31-10-2-1-3-22(31)32/h4-9,11-14,23,27H,1-3,10H2,(H,29,34)(H,30,33). The Kier molecular flexibility index (Phi) is 6.52. The van der Waals surface area contributed by atoms with Gasteiger partial charge in [0.25, 0.3) is 11.8 Å². The number of amides is 3. The van der Waals surface area contributed by atoms with Gasteiger partial charge in [-0.3, -0.25) is 14.4 Å². The SMILES string of the molecule is O=C(NC(C(=O)Nc1ccc(N2CCCCC2=O)cc1)c1cscn1)c1ccc2c(Cl)c[nH]c2c1. The Balaban J connectivity index is 1.32. The van der Waals surface area contributed by atoms with Crippen molar-refractivity contribution in [2.45, 2.75) is 25.3 Å². The van der Waals surface area contributed by atoms with Crippen LogP contribution in [0.4, 0.5) is 11.4 Å². The number of fused-ring (bicyclic) bond motifs is 1. The first-order chi connectivity index (χ1) is 17.0. The third-order valence-corrected chi connectivity index (χ3v) is 6.87.